The van der Waals surface area contributed by atoms with Gasteiger partial charge in [0.2, 0.25) is 0 Å². The van der Waals surface area contributed by atoms with Gasteiger partial charge in [-0.05, 0) is 18.2 Å². The largest absolute Gasteiger partial charge is 0.363 e. The Morgan fingerprint density at radius 1 is 1.47 bits per heavy atom. The predicted octanol–water partition coefficient (Wildman–Crippen LogP) is 1.21. The van der Waals surface area contributed by atoms with Crippen LogP contribution in [-0.4, -0.2) is 22.4 Å². The molecule has 1 aliphatic rings. The van der Waals surface area contributed by atoms with E-state index in [1.807, 2.05) is 0 Å². The number of carbonyl (C=O) groups excluding carboxylic acids is 1. The van der Waals surface area contributed by atoms with Crippen LogP contribution in [-0.2, 0) is 15.6 Å². The second-order valence-corrected chi connectivity index (χ2v) is 3.79. The third-order valence-electron chi connectivity index (χ3n) is 1.81. The maximum atomic E-state index is 12.9. The molecule has 0 aliphatic carbocycles. The number of amides is 2. The van der Waals surface area contributed by atoms with E-state index >= 15 is 0 Å². The molecule has 2 amide bonds. The minimum absolute atomic E-state index is 0.197. The molecule has 1 atom stereocenters. The lowest BCUT2D eigenvalue weighted by molar-refractivity contribution is 0.0485. The van der Waals surface area contributed by atoms with Crippen molar-refractivity contribution < 1.29 is 17.7 Å². The van der Waals surface area contributed by atoms with Crippen molar-refractivity contribution >= 4 is 23.0 Å². The van der Waals surface area contributed by atoms with Gasteiger partial charge in [-0.3, -0.25) is 0 Å². The van der Waals surface area contributed by atoms with Crippen molar-refractivity contribution in [3.8, 4) is 0 Å². The lowest BCUT2D eigenvalue weighted by Gasteiger charge is -2.10. The highest BCUT2D eigenvalue weighted by Gasteiger charge is 2.36. The molecule has 0 radical (unpaired) electrons. The van der Waals surface area contributed by atoms with Crippen molar-refractivity contribution in [2.75, 3.05) is 11.4 Å². The van der Waals surface area contributed by atoms with Crippen molar-refractivity contribution in [1.29, 1.82) is 0 Å². The average molecular weight is 230 g/mol. The Kier molecular flexibility index (Phi) is 2.41. The minimum atomic E-state index is -1.94. The minimum Gasteiger partial charge on any atom is -0.244 e. The van der Waals surface area contributed by atoms with Crippen LogP contribution in [0.25, 0.3) is 0 Å². The number of benzene rings is 1. The van der Waals surface area contributed by atoms with Gasteiger partial charge >= 0.3 is 6.03 Å². The van der Waals surface area contributed by atoms with Crippen LogP contribution in [0.5, 0.6) is 0 Å². The topological polar surface area (TPSA) is 49.9 Å². The molecule has 0 saturated carbocycles. The third kappa shape index (κ3) is 1.71. The molecule has 1 aromatic carbocycles. The van der Waals surface area contributed by atoms with Gasteiger partial charge in [-0.25, -0.2) is 13.4 Å². The van der Waals surface area contributed by atoms with Crippen LogP contribution in [0.15, 0.2) is 24.3 Å². The Morgan fingerprint density at radius 3 is 2.73 bits per heavy atom. The van der Waals surface area contributed by atoms with E-state index in [-0.39, 0.29) is 5.69 Å². The van der Waals surface area contributed by atoms with Gasteiger partial charge in [-0.2, -0.15) is 9.37 Å². The Labute approximate surface area is 87.8 Å². The number of hydrogen-bond donors (Lipinski definition) is 0. The zero-order chi connectivity index (χ0) is 11.0. The SMILES string of the molecule is CN1OS(=O)N(c2cccc(F)c2)C1=O. The van der Waals surface area contributed by atoms with Crippen LogP contribution in [0, 0.1) is 5.82 Å². The van der Waals surface area contributed by atoms with Gasteiger partial charge < -0.3 is 0 Å². The monoisotopic (exact) mass is 230 g/mol. The summed E-state index contributed by atoms with van der Waals surface area (Å²) in [4.78, 5) is 11.4. The Hall–Kier alpha value is -1.47. The lowest BCUT2D eigenvalue weighted by Crippen LogP contribution is -2.29. The van der Waals surface area contributed by atoms with E-state index in [0.29, 0.717) is 0 Å². The first-order valence-electron chi connectivity index (χ1n) is 4.03. The first-order chi connectivity index (χ1) is 7.09. The fourth-order valence-corrected chi connectivity index (χ4v) is 2.00. The highest BCUT2D eigenvalue weighted by molar-refractivity contribution is 7.83. The zero-order valence-electron chi connectivity index (χ0n) is 7.71. The second-order valence-electron chi connectivity index (χ2n) is 2.85. The van der Waals surface area contributed by atoms with Crippen molar-refractivity contribution in [2.24, 2.45) is 0 Å². The predicted molar refractivity (Wildman–Crippen MR) is 51.3 cm³/mol. The van der Waals surface area contributed by atoms with Gasteiger partial charge in [0.1, 0.15) is 5.82 Å². The third-order valence-corrected chi connectivity index (χ3v) is 2.83. The summed E-state index contributed by atoms with van der Waals surface area (Å²) in [5, 5.41) is 0.834. The number of hydroxylamine groups is 2. The van der Waals surface area contributed by atoms with Crippen molar-refractivity contribution in [2.45, 2.75) is 0 Å². The maximum Gasteiger partial charge on any atom is 0.363 e. The molecule has 0 bridgehead atoms. The van der Waals surface area contributed by atoms with E-state index in [1.165, 1.54) is 25.2 Å². The quantitative estimate of drug-likeness (QED) is 0.728. The van der Waals surface area contributed by atoms with E-state index in [0.717, 1.165) is 15.4 Å². The maximum absolute atomic E-state index is 12.9. The molecule has 15 heavy (non-hydrogen) atoms. The number of halogens is 1. The molecule has 1 fully saturated rings. The molecule has 0 N–H and O–H groups in total. The summed E-state index contributed by atoms with van der Waals surface area (Å²) < 4.78 is 29.7. The fraction of sp³-hybridized carbons (Fsp3) is 0.125. The summed E-state index contributed by atoms with van der Waals surface area (Å²) >= 11 is -1.94. The Morgan fingerprint density at radius 2 is 2.20 bits per heavy atom. The zero-order valence-corrected chi connectivity index (χ0v) is 8.53. The molecular weight excluding hydrogens is 223 g/mol. The van der Waals surface area contributed by atoms with E-state index in [9.17, 15) is 13.4 Å². The average Bonchev–Trinajstić information content (AvgIpc) is 2.41. The fourth-order valence-electron chi connectivity index (χ4n) is 1.15. The number of carbonyl (C=O) groups is 1. The van der Waals surface area contributed by atoms with Crippen LogP contribution in [0.1, 0.15) is 0 Å². The molecule has 5 nitrogen and oxygen atoms in total. The van der Waals surface area contributed by atoms with E-state index in [1.54, 1.807) is 0 Å². The normalized spacial score (nSPS) is 21.2. The summed E-state index contributed by atoms with van der Waals surface area (Å²) in [5.41, 5.74) is 0.197. The molecule has 0 aromatic heterocycles. The number of anilines is 1. The lowest BCUT2D eigenvalue weighted by atomic mass is 10.3. The first-order valence-corrected chi connectivity index (χ1v) is 5.06. The van der Waals surface area contributed by atoms with Crippen LogP contribution >= 0.6 is 0 Å². The summed E-state index contributed by atoms with van der Waals surface area (Å²) in [7, 11) is 1.33. The molecule has 1 unspecified atom stereocenters. The van der Waals surface area contributed by atoms with E-state index in [2.05, 4.69) is 4.28 Å². The molecule has 1 heterocycles. The van der Waals surface area contributed by atoms with Crippen molar-refractivity contribution in [3.63, 3.8) is 0 Å². The van der Waals surface area contributed by atoms with Gasteiger partial charge in [-0.1, -0.05) is 6.07 Å². The molecule has 0 spiro atoms. The highest BCUT2D eigenvalue weighted by Crippen LogP contribution is 2.24. The van der Waals surface area contributed by atoms with Crippen molar-refractivity contribution in [1.82, 2.24) is 5.06 Å². The van der Waals surface area contributed by atoms with Gasteiger partial charge in [0.25, 0.3) is 11.3 Å². The first kappa shape index (κ1) is 10.1. The Bertz CT molecular complexity index is 440. The number of nitrogens with zero attached hydrogens (tertiary/aromatic N) is 2. The molecule has 7 heteroatoms. The van der Waals surface area contributed by atoms with Crippen LogP contribution < -0.4 is 4.31 Å². The summed E-state index contributed by atoms with van der Waals surface area (Å²) in [6, 6.07) is 4.64. The summed E-state index contributed by atoms with van der Waals surface area (Å²) in [5.74, 6) is -0.508. The molecule has 2 rings (SSSR count). The smallest absolute Gasteiger partial charge is 0.244 e. The van der Waals surface area contributed by atoms with E-state index < -0.39 is 23.1 Å². The van der Waals surface area contributed by atoms with Crippen LogP contribution in [0.2, 0.25) is 0 Å². The molecular formula is C8H7FN2O3S. The Balaban J connectivity index is 2.39. The van der Waals surface area contributed by atoms with Gasteiger partial charge in [0, 0.05) is 7.05 Å². The van der Waals surface area contributed by atoms with E-state index in [4.69, 9.17) is 0 Å². The second kappa shape index (κ2) is 3.59. The molecule has 80 valence electrons. The summed E-state index contributed by atoms with van der Waals surface area (Å²) in [6.45, 7) is 0. The van der Waals surface area contributed by atoms with Crippen LogP contribution in [0.4, 0.5) is 14.9 Å². The van der Waals surface area contributed by atoms with Gasteiger partial charge in [0.15, 0.2) is 0 Å². The highest BCUT2D eigenvalue weighted by atomic mass is 32.2. The standard InChI is InChI=1S/C8H7FN2O3S/c1-10-8(12)11(15(13)14-10)7-4-2-3-6(9)5-7/h2-5H,1H3. The van der Waals surface area contributed by atoms with Crippen LogP contribution in [0.3, 0.4) is 0 Å². The number of rotatable bonds is 1. The number of urea groups is 1. The number of hydrogen-bond acceptors (Lipinski definition) is 3. The molecule has 1 aliphatic heterocycles. The van der Waals surface area contributed by atoms with Gasteiger partial charge in [0.05, 0.1) is 5.69 Å². The summed E-state index contributed by atoms with van der Waals surface area (Å²) in [6.07, 6.45) is 0. The van der Waals surface area contributed by atoms with Crippen molar-refractivity contribution in [3.05, 3.63) is 30.1 Å². The van der Waals surface area contributed by atoms with Gasteiger partial charge in [-0.15, -0.1) is 4.28 Å². The molecule has 1 saturated heterocycles. The molecule has 1 aromatic rings.